The summed E-state index contributed by atoms with van der Waals surface area (Å²) in [6, 6.07) is 11.4. The Kier molecular flexibility index (Phi) is 4.24. The van der Waals surface area contributed by atoms with Crippen LogP contribution in [-0.2, 0) is 0 Å². The van der Waals surface area contributed by atoms with Gasteiger partial charge in [0.15, 0.2) is 0 Å². The highest BCUT2D eigenvalue weighted by Gasteiger charge is 2.32. The molecule has 1 aliphatic heterocycles. The molecule has 1 saturated heterocycles. The molecule has 132 valence electrons. The molecule has 2 aromatic heterocycles. The highest BCUT2D eigenvalue weighted by molar-refractivity contribution is 6.06. The van der Waals surface area contributed by atoms with Crippen LogP contribution < -0.4 is 5.32 Å². The summed E-state index contributed by atoms with van der Waals surface area (Å²) in [5.74, 6) is 1.52. The summed E-state index contributed by atoms with van der Waals surface area (Å²) < 4.78 is 0. The molecule has 6 heteroatoms. The van der Waals surface area contributed by atoms with Gasteiger partial charge in [-0.15, -0.1) is 0 Å². The van der Waals surface area contributed by atoms with Crippen LogP contribution in [0.15, 0.2) is 42.6 Å². The number of nitrogens with one attached hydrogen (secondary N) is 1. The van der Waals surface area contributed by atoms with Gasteiger partial charge in [-0.05, 0) is 38.0 Å². The molecule has 3 aromatic rings. The molecule has 1 fully saturated rings. The van der Waals surface area contributed by atoms with Crippen molar-refractivity contribution < 1.29 is 4.79 Å². The zero-order chi connectivity index (χ0) is 18.1. The third kappa shape index (κ3) is 2.87. The highest BCUT2D eigenvalue weighted by Crippen LogP contribution is 2.34. The smallest absolute Gasteiger partial charge is 0.255 e. The average Bonchev–Trinajstić information content (AvgIpc) is 3.16. The van der Waals surface area contributed by atoms with E-state index in [1.165, 1.54) is 0 Å². The van der Waals surface area contributed by atoms with E-state index in [1.807, 2.05) is 55.3 Å². The molecule has 3 heterocycles. The summed E-state index contributed by atoms with van der Waals surface area (Å²) in [6.07, 6.45) is 3.63. The van der Waals surface area contributed by atoms with Crippen molar-refractivity contribution in [3.8, 4) is 0 Å². The number of rotatable bonds is 3. The second kappa shape index (κ2) is 6.71. The van der Waals surface area contributed by atoms with Gasteiger partial charge in [-0.25, -0.2) is 9.97 Å². The van der Waals surface area contributed by atoms with E-state index in [0.717, 1.165) is 41.8 Å². The third-order valence-electron chi connectivity index (χ3n) is 4.85. The summed E-state index contributed by atoms with van der Waals surface area (Å²) >= 11 is 0. The number of likely N-dealkylation sites (tertiary alicyclic amines) is 1. The summed E-state index contributed by atoms with van der Waals surface area (Å²) in [5, 5.41) is 3.96. The largest absolute Gasteiger partial charge is 0.373 e. The summed E-state index contributed by atoms with van der Waals surface area (Å²) in [6.45, 7) is 2.61. The van der Waals surface area contributed by atoms with Gasteiger partial charge >= 0.3 is 0 Å². The molecule has 1 aromatic carbocycles. The first-order valence-electron chi connectivity index (χ1n) is 8.85. The Morgan fingerprint density at radius 3 is 2.96 bits per heavy atom. The maximum Gasteiger partial charge on any atom is 0.255 e. The van der Waals surface area contributed by atoms with Crippen LogP contribution in [-0.4, -0.2) is 39.4 Å². The number of aromatic nitrogens is 3. The van der Waals surface area contributed by atoms with Crippen molar-refractivity contribution in [1.82, 2.24) is 19.9 Å². The van der Waals surface area contributed by atoms with Crippen LogP contribution in [0.2, 0.25) is 0 Å². The van der Waals surface area contributed by atoms with Gasteiger partial charge in [-0.2, -0.15) is 0 Å². The quantitative estimate of drug-likeness (QED) is 0.787. The van der Waals surface area contributed by atoms with Gasteiger partial charge in [0.1, 0.15) is 11.6 Å². The molecule has 6 nitrogen and oxygen atoms in total. The molecule has 1 N–H and O–H groups in total. The van der Waals surface area contributed by atoms with Crippen molar-refractivity contribution >= 4 is 22.6 Å². The van der Waals surface area contributed by atoms with Crippen molar-refractivity contribution in [2.24, 2.45) is 0 Å². The molecule has 0 radical (unpaired) electrons. The number of benzene rings is 1. The molecule has 0 saturated carbocycles. The van der Waals surface area contributed by atoms with Crippen LogP contribution in [0.1, 0.15) is 40.8 Å². The molecule has 4 rings (SSSR count). The molecule has 0 aliphatic carbocycles. The van der Waals surface area contributed by atoms with Crippen molar-refractivity contribution in [2.75, 3.05) is 18.9 Å². The van der Waals surface area contributed by atoms with Gasteiger partial charge in [0.25, 0.3) is 5.91 Å². The fraction of sp³-hybridized carbons (Fsp3) is 0.300. The normalized spacial score (nSPS) is 16.8. The van der Waals surface area contributed by atoms with Gasteiger partial charge in [0.05, 0.1) is 17.3 Å². The van der Waals surface area contributed by atoms with Gasteiger partial charge < -0.3 is 10.2 Å². The fourth-order valence-electron chi connectivity index (χ4n) is 3.65. The lowest BCUT2D eigenvalue weighted by atomic mass is 10.1. The van der Waals surface area contributed by atoms with Crippen molar-refractivity contribution in [2.45, 2.75) is 25.8 Å². The number of nitrogens with zero attached hydrogens (tertiary/aromatic N) is 4. The molecule has 1 amide bonds. The lowest BCUT2D eigenvalue weighted by Crippen LogP contribution is -2.31. The third-order valence-corrected chi connectivity index (χ3v) is 4.85. The number of carbonyl (C=O) groups is 1. The van der Waals surface area contributed by atoms with Crippen molar-refractivity contribution in [1.29, 1.82) is 0 Å². The predicted molar refractivity (Wildman–Crippen MR) is 101 cm³/mol. The number of carbonyl (C=O) groups excluding carboxylic acids is 1. The van der Waals surface area contributed by atoms with E-state index < -0.39 is 0 Å². The maximum atomic E-state index is 13.3. The summed E-state index contributed by atoms with van der Waals surface area (Å²) in [5.41, 5.74) is 2.43. The SMILES string of the molecule is CNc1cc(C2CCCN2C(=O)c2cccc3ncccc23)nc(C)n1. The van der Waals surface area contributed by atoms with Crippen LogP contribution in [0, 0.1) is 6.92 Å². The zero-order valence-electron chi connectivity index (χ0n) is 14.9. The Morgan fingerprint density at radius 2 is 2.12 bits per heavy atom. The van der Waals surface area contributed by atoms with E-state index in [-0.39, 0.29) is 11.9 Å². The van der Waals surface area contributed by atoms with Gasteiger partial charge in [-0.1, -0.05) is 12.1 Å². The lowest BCUT2D eigenvalue weighted by molar-refractivity contribution is 0.0734. The molecule has 0 spiro atoms. The molecule has 1 aliphatic rings. The minimum atomic E-state index is -0.0248. The van der Waals surface area contributed by atoms with Gasteiger partial charge in [0, 0.05) is 36.8 Å². The monoisotopic (exact) mass is 347 g/mol. The molecular weight excluding hydrogens is 326 g/mol. The summed E-state index contributed by atoms with van der Waals surface area (Å²) in [4.78, 5) is 28.6. The van der Waals surface area contributed by atoms with Crippen LogP contribution in [0.3, 0.4) is 0 Å². The predicted octanol–water partition coefficient (Wildman–Crippen LogP) is 3.35. The fourth-order valence-corrected chi connectivity index (χ4v) is 3.65. The van der Waals surface area contributed by atoms with E-state index in [4.69, 9.17) is 0 Å². The minimum Gasteiger partial charge on any atom is -0.373 e. The van der Waals surface area contributed by atoms with E-state index in [1.54, 1.807) is 6.20 Å². The first kappa shape index (κ1) is 16.4. The number of fused-ring (bicyclic) bond motifs is 1. The van der Waals surface area contributed by atoms with E-state index in [9.17, 15) is 4.79 Å². The topological polar surface area (TPSA) is 71.0 Å². The first-order chi connectivity index (χ1) is 12.7. The first-order valence-corrected chi connectivity index (χ1v) is 8.85. The standard InChI is InChI=1S/C20H21N5O/c1-13-23-17(12-19(21-2)24-13)18-9-5-11-25(18)20(26)15-6-3-8-16-14(15)7-4-10-22-16/h3-4,6-8,10,12,18H,5,9,11H2,1-2H3,(H,21,23,24). The Hall–Kier alpha value is -3.02. The minimum absolute atomic E-state index is 0.0248. The number of hydrogen-bond acceptors (Lipinski definition) is 5. The maximum absolute atomic E-state index is 13.3. The van der Waals surface area contributed by atoms with Crippen molar-refractivity contribution in [3.63, 3.8) is 0 Å². The Morgan fingerprint density at radius 1 is 1.23 bits per heavy atom. The van der Waals surface area contributed by atoms with E-state index in [2.05, 4.69) is 20.3 Å². The van der Waals surface area contributed by atoms with Crippen LogP contribution >= 0.6 is 0 Å². The van der Waals surface area contributed by atoms with Crippen LogP contribution in [0.5, 0.6) is 0 Å². The van der Waals surface area contributed by atoms with Gasteiger partial charge in [0.2, 0.25) is 0 Å². The van der Waals surface area contributed by atoms with E-state index >= 15 is 0 Å². The van der Waals surface area contributed by atoms with Crippen LogP contribution in [0.25, 0.3) is 10.9 Å². The zero-order valence-corrected chi connectivity index (χ0v) is 14.9. The Labute approximate surface area is 152 Å². The number of hydrogen-bond donors (Lipinski definition) is 1. The molecule has 0 bridgehead atoms. The molecular formula is C20H21N5O. The lowest BCUT2D eigenvalue weighted by Gasteiger charge is -2.25. The average molecular weight is 347 g/mol. The van der Waals surface area contributed by atoms with Crippen molar-refractivity contribution in [3.05, 3.63) is 59.7 Å². The van der Waals surface area contributed by atoms with Gasteiger partial charge in [-0.3, -0.25) is 9.78 Å². The number of aryl methyl sites for hydroxylation is 1. The molecule has 1 atom stereocenters. The number of pyridine rings is 1. The number of amides is 1. The Bertz CT molecular complexity index is 966. The number of anilines is 1. The molecule has 1 unspecified atom stereocenters. The highest BCUT2D eigenvalue weighted by atomic mass is 16.2. The Balaban J connectivity index is 1.72. The second-order valence-electron chi connectivity index (χ2n) is 6.51. The molecule has 26 heavy (non-hydrogen) atoms. The summed E-state index contributed by atoms with van der Waals surface area (Å²) in [7, 11) is 1.84. The van der Waals surface area contributed by atoms with Crippen LogP contribution in [0.4, 0.5) is 5.82 Å². The second-order valence-corrected chi connectivity index (χ2v) is 6.51. The van der Waals surface area contributed by atoms with E-state index in [0.29, 0.717) is 11.4 Å².